The Hall–Kier alpha value is -1.99. The van der Waals surface area contributed by atoms with Crippen molar-refractivity contribution >= 4 is 18.1 Å². The van der Waals surface area contributed by atoms with Crippen LogP contribution in [0.15, 0.2) is 0 Å². The zero-order chi connectivity index (χ0) is 25.7. The standard InChI is InChI=1S/C25H49N3O5/c1-23(2,3)14-12-10-11-13-20(29)28-19(15-32-21(30)26-17-24(4,5)6)16-33-22(31)27-18-25(7,8)9/h19H,10-18H2,1-9H3,(H,26,30)(H,27,31)(H,28,29). The molecule has 0 saturated carbocycles. The molecule has 0 rings (SSSR count). The van der Waals surface area contributed by atoms with Gasteiger partial charge in [-0.2, -0.15) is 0 Å². The van der Waals surface area contributed by atoms with Gasteiger partial charge in [0, 0.05) is 19.5 Å². The fourth-order valence-electron chi connectivity index (χ4n) is 2.68. The molecule has 0 fully saturated rings. The van der Waals surface area contributed by atoms with Gasteiger partial charge < -0.3 is 25.4 Å². The molecule has 0 heterocycles. The summed E-state index contributed by atoms with van der Waals surface area (Å²) >= 11 is 0. The van der Waals surface area contributed by atoms with Gasteiger partial charge in [0.05, 0.1) is 6.04 Å². The topological polar surface area (TPSA) is 106 Å². The van der Waals surface area contributed by atoms with Gasteiger partial charge in [0.15, 0.2) is 0 Å². The number of unbranched alkanes of at least 4 members (excludes halogenated alkanes) is 2. The second kappa shape index (κ2) is 14.3. The molecule has 3 amide bonds. The van der Waals surface area contributed by atoms with E-state index >= 15 is 0 Å². The Balaban J connectivity index is 4.61. The lowest BCUT2D eigenvalue weighted by atomic mass is 9.89. The van der Waals surface area contributed by atoms with Gasteiger partial charge in [-0.3, -0.25) is 4.79 Å². The highest BCUT2D eigenvalue weighted by molar-refractivity contribution is 5.76. The van der Waals surface area contributed by atoms with Crippen molar-refractivity contribution < 1.29 is 23.9 Å². The van der Waals surface area contributed by atoms with Gasteiger partial charge in [-0.05, 0) is 29.1 Å². The zero-order valence-corrected chi connectivity index (χ0v) is 22.5. The molecule has 33 heavy (non-hydrogen) atoms. The number of alkyl carbamates (subject to hydrolysis) is 2. The molecule has 0 aromatic rings. The van der Waals surface area contributed by atoms with Gasteiger partial charge >= 0.3 is 12.2 Å². The molecular formula is C25H49N3O5. The van der Waals surface area contributed by atoms with E-state index in [4.69, 9.17) is 9.47 Å². The van der Waals surface area contributed by atoms with E-state index in [9.17, 15) is 14.4 Å². The lowest BCUT2D eigenvalue weighted by Gasteiger charge is -2.22. The maximum absolute atomic E-state index is 12.4. The minimum absolute atomic E-state index is 0.0755. The molecule has 0 unspecified atom stereocenters. The van der Waals surface area contributed by atoms with E-state index < -0.39 is 18.2 Å². The van der Waals surface area contributed by atoms with Crippen molar-refractivity contribution in [2.45, 2.75) is 100 Å². The fourth-order valence-corrected chi connectivity index (χ4v) is 2.68. The van der Waals surface area contributed by atoms with E-state index in [0.29, 0.717) is 24.9 Å². The Morgan fingerprint density at radius 1 is 0.667 bits per heavy atom. The Bertz CT molecular complexity index is 567. The van der Waals surface area contributed by atoms with Crippen molar-refractivity contribution in [3.63, 3.8) is 0 Å². The zero-order valence-electron chi connectivity index (χ0n) is 22.5. The number of amides is 3. The number of hydrogen-bond donors (Lipinski definition) is 3. The smallest absolute Gasteiger partial charge is 0.407 e. The van der Waals surface area contributed by atoms with E-state index in [1.807, 2.05) is 41.5 Å². The predicted octanol–water partition coefficient (Wildman–Crippen LogP) is 5.01. The second-order valence-corrected chi connectivity index (χ2v) is 12.4. The molecule has 0 aromatic heterocycles. The van der Waals surface area contributed by atoms with Gasteiger partial charge in [-0.1, -0.05) is 75.2 Å². The van der Waals surface area contributed by atoms with E-state index in [2.05, 4.69) is 36.7 Å². The third-order valence-electron chi connectivity index (χ3n) is 4.55. The second-order valence-electron chi connectivity index (χ2n) is 12.4. The van der Waals surface area contributed by atoms with Crippen LogP contribution in [0.5, 0.6) is 0 Å². The predicted molar refractivity (Wildman–Crippen MR) is 132 cm³/mol. The summed E-state index contributed by atoms with van der Waals surface area (Å²) in [5.41, 5.74) is 0.144. The highest BCUT2D eigenvalue weighted by atomic mass is 16.6. The molecule has 0 saturated heterocycles. The third kappa shape index (κ3) is 21.6. The van der Waals surface area contributed by atoms with Gasteiger partial charge in [-0.15, -0.1) is 0 Å². The van der Waals surface area contributed by atoms with Crippen molar-refractivity contribution in [2.24, 2.45) is 16.2 Å². The van der Waals surface area contributed by atoms with Gasteiger partial charge in [0.1, 0.15) is 13.2 Å². The van der Waals surface area contributed by atoms with Crippen molar-refractivity contribution in [3.8, 4) is 0 Å². The van der Waals surface area contributed by atoms with Crippen LogP contribution in [0.25, 0.3) is 0 Å². The summed E-state index contributed by atoms with van der Waals surface area (Å²) in [5.74, 6) is -0.145. The first-order chi connectivity index (χ1) is 15.0. The molecule has 0 bridgehead atoms. The van der Waals surface area contributed by atoms with Gasteiger partial charge in [0.25, 0.3) is 0 Å². The van der Waals surface area contributed by atoms with Crippen molar-refractivity contribution in [1.82, 2.24) is 16.0 Å². The Labute approximate surface area is 201 Å². The lowest BCUT2D eigenvalue weighted by molar-refractivity contribution is -0.122. The third-order valence-corrected chi connectivity index (χ3v) is 4.55. The molecule has 0 aliphatic rings. The van der Waals surface area contributed by atoms with Crippen LogP contribution in [0, 0.1) is 16.2 Å². The molecule has 0 atom stereocenters. The molecule has 194 valence electrons. The van der Waals surface area contributed by atoms with E-state index in [0.717, 1.165) is 25.7 Å². The van der Waals surface area contributed by atoms with E-state index in [1.165, 1.54) is 0 Å². The molecule has 0 aromatic carbocycles. The summed E-state index contributed by atoms with van der Waals surface area (Å²) in [4.78, 5) is 36.4. The molecule has 0 aliphatic heterocycles. The van der Waals surface area contributed by atoms with E-state index in [-0.39, 0.29) is 30.0 Å². The van der Waals surface area contributed by atoms with Crippen molar-refractivity contribution in [3.05, 3.63) is 0 Å². The first-order valence-electron chi connectivity index (χ1n) is 12.1. The summed E-state index contributed by atoms with van der Waals surface area (Å²) in [6.07, 6.45) is 3.21. The summed E-state index contributed by atoms with van der Waals surface area (Å²) in [7, 11) is 0. The molecule has 0 radical (unpaired) electrons. The Morgan fingerprint density at radius 2 is 1.12 bits per heavy atom. The summed E-state index contributed by atoms with van der Waals surface area (Å²) < 4.78 is 10.5. The van der Waals surface area contributed by atoms with Crippen LogP contribution in [0.1, 0.15) is 94.4 Å². The number of carbonyl (C=O) groups is 3. The molecule has 0 spiro atoms. The normalized spacial score (nSPS) is 12.3. The average Bonchev–Trinajstić information content (AvgIpc) is 2.64. The lowest BCUT2D eigenvalue weighted by Crippen LogP contribution is -2.45. The van der Waals surface area contributed by atoms with Crippen LogP contribution in [-0.2, 0) is 14.3 Å². The summed E-state index contributed by atoms with van der Waals surface area (Å²) in [6.45, 7) is 19.4. The number of hydrogen-bond acceptors (Lipinski definition) is 5. The average molecular weight is 472 g/mol. The van der Waals surface area contributed by atoms with E-state index in [1.54, 1.807) is 0 Å². The summed E-state index contributed by atoms with van der Waals surface area (Å²) in [6, 6.07) is -0.618. The minimum atomic E-state index is -0.618. The summed E-state index contributed by atoms with van der Waals surface area (Å²) in [5, 5.41) is 8.23. The van der Waals surface area contributed by atoms with Crippen LogP contribution < -0.4 is 16.0 Å². The minimum Gasteiger partial charge on any atom is -0.447 e. The maximum atomic E-state index is 12.4. The van der Waals surface area contributed by atoms with Gasteiger partial charge in [0.2, 0.25) is 5.91 Å². The monoisotopic (exact) mass is 471 g/mol. The van der Waals surface area contributed by atoms with Crippen LogP contribution in [0.3, 0.4) is 0 Å². The van der Waals surface area contributed by atoms with Crippen LogP contribution >= 0.6 is 0 Å². The number of rotatable bonds is 12. The molecule has 8 nitrogen and oxygen atoms in total. The van der Waals surface area contributed by atoms with Crippen LogP contribution in [-0.4, -0.2) is 50.4 Å². The largest absolute Gasteiger partial charge is 0.447 e. The SMILES string of the molecule is CC(C)(C)CCCCCC(=O)NC(COC(=O)NCC(C)(C)C)COC(=O)NCC(C)(C)C. The Morgan fingerprint density at radius 3 is 1.52 bits per heavy atom. The highest BCUT2D eigenvalue weighted by Gasteiger charge is 2.19. The number of ether oxygens (including phenoxy) is 2. The first kappa shape index (κ1) is 31.0. The van der Waals surface area contributed by atoms with Crippen molar-refractivity contribution in [1.29, 1.82) is 0 Å². The molecular weight excluding hydrogens is 422 g/mol. The highest BCUT2D eigenvalue weighted by Crippen LogP contribution is 2.22. The number of nitrogens with one attached hydrogen (secondary N) is 3. The van der Waals surface area contributed by atoms with Crippen LogP contribution in [0.4, 0.5) is 9.59 Å². The molecule has 3 N–H and O–H groups in total. The van der Waals surface area contributed by atoms with Crippen LogP contribution in [0.2, 0.25) is 0 Å². The van der Waals surface area contributed by atoms with Crippen molar-refractivity contribution in [2.75, 3.05) is 26.3 Å². The number of carbonyl (C=O) groups excluding carboxylic acids is 3. The maximum Gasteiger partial charge on any atom is 0.407 e. The first-order valence-corrected chi connectivity index (χ1v) is 12.1. The quantitative estimate of drug-likeness (QED) is 0.347. The fraction of sp³-hybridized carbons (Fsp3) is 0.880. The molecule has 0 aliphatic carbocycles. The van der Waals surface area contributed by atoms with Gasteiger partial charge in [-0.25, -0.2) is 9.59 Å². The Kier molecular flexibility index (Phi) is 13.4. The molecule has 8 heteroatoms.